The zero-order valence-electron chi connectivity index (χ0n) is 12.5. The molecule has 0 saturated heterocycles. The second kappa shape index (κ2) is 5.41. The number of aliphatic hydroxyl groups excluding tert-OH is 1. The van der Waals surface area contributed by atoms with Crippen molar-refractivity contribution in [3.8, 4) is 11.5 Å². The molecule has 1 aromatic heterocycles. The van der Waals surface area contributed by atoms with Crippen molar-refractivity contribution in [3.63, 3.8) is 0 Å². The molecule has 0 fully saturated rings. The van der Waals surface area contributed by atoms with E-state index in [1.165, 1.54) is 0 Å². The summed E-state index contributed by atoms with van der Waals surface area (Å²) in [6.45, 7) is 4.15. The van der Waals surface area contributed by atoms with Gasteiger partial charge in [0, 0.05) is 35.9 Å². The van der Waals surface area contributed by atoms with Gasteiger partial charge in [-0.15, -0.1) is 0 Å². The molecule has 0 amide bonds. The Labute approximate surface area is 124 Å². The van der Waals surface area contributed by atoms with Gasteiger partial charge in [-0.3, -0.25) is 4.68 Å². The molecule has 21 heavy (non-hydrogen) atoms. The number of aliphatic hydroxyl groups is 1. The van der Waals surface area contributed by atoms with Crippen LogP contribution >= 0.6 is 0 Å². The molecule has 0 aliphatic carbocycles. The zero-order chi connectivity index (χ0) is 15.0. The van der Waals surface area contributed by atoms with Crippen LogP contribution in [0, 0.1) is 0 Å². The molecule has 3 rings (SSSR count). The average Bonchev–Trinajstić information content (AvgIpc) is 2.96. The van der Waals surface area contributed by atoms with Crippen LogP contribution in [0.15, 0.2) is 30.6 Å². The van der Waals surface area contributed by atoms with Crippen molar-refractivity contribution in [2.45, 2.75) is 38.5 Å². The Morgan fingerprint density at radius 1 is 1.43 bits per heavy atom. The fraction of sp³-hybridized carbons (Fsp3) is 0.438. The summed E-state index contributed by atoms with van der Waals surface area (Å²) in [5.41, 5.74) is 1.79. The van der Waals surface area contributed by atoms with Gasteiger partial charge >= 0.3 is 0 Å². The van der Waals surface area contributed by atoms with Crippen molar-refractivity contribution in [2.24, 2.45) is 0 Å². The summed E-state index contributed by atoms with van der Waals surface area (Å²) in [6, 6.07) is 5.81. The number of ether oxygens (including phenoxy) is 2. The minimum atomic E-state index is -0.535. The maximum absolute atomic E-state index is 10.3. The highest BCUT2D eigenvalue weighted by atomic mass is 16.5. The third kappa shape index (κ3) is 2.61. The third-order valence-corrected chi connectivity index (χ3v) is 3.81. The molecule has 5 nitrogen and oxygen atoms in total. The maximum Gasteiger partial charge on any atom is 0.130 e. The fourth-order valence-corrected chi connectivity index (χ4v) is 2.56. The number of aromatic nitrogens is 2. The van der Waals surface area contributed by atoms with E-state index in [9.17, 15) is 5.11 Å². The van der Waals surface area contributed by atoms with Crippen LogP contribution in [0.2, 0.25) is 0 Å². The topological polar surface area (TPSA) is 56.5 Å². The molecule has 2 atom stereocenters. The Balaban J connectivity index is 1.89. The van der Waals surface area contributed by atoms with Gasteiger partial charge in [0.2, 0.25) is 0 Å². The van der Waals surface area contributed by atoms with Crippen LogP contribution in [0.4, 0.5) is 0 Å². The van der Waals surface area contributed by atoms with Gasteiger partial charge in [0.25, 0.3) is 0 Å². The van der Waals surface area contributed by atoms with Crippen LogP contribution in [0.5, 0.6) is 11.5 Å². The second-order valence-corrected chi connectivity index (χ2v) is 5.61. The van der Waals surface area contributed by atoms with E-state index >= 15 is 0 Å². The summed E-state index contributed by atoms with van der Waals surface area (Å²) >= 11 is 0. The first kappa shape index (κ1) is 13.9. The lowest BCUT2D eigenvalue weighted by Crippen LogP contribution is -2.18. The van der Waals surface area contributed by atoms with Crippen molar-refractivity contribution in [2.75, 3.05) is 7.11 Å². The molecule has 0 saturated carbocycles. The highest BCUT2D eigenvalue weighted by Crippen LogP contribution is 2.42. The smallest absolute Gasteiger partial charge is 0.130 e. The molecule has 2 heterocycles. The number of methoxy groups -OCH3 is 1. The first-order valence-electron chi connectivity index (χ1n) is 7.15. The SMILES string of the molecule is COc1ccc2c(c1)OC(c1cnn(C(C)C)c1)CC2O. The third-order valence-electron chi connectivity index (χ3n) is 3.81. The quantitative estimate of drug-likeness (QED) is 0.943. The second-order valence-electron chi connectivity index (χ2n) is 5.61. The van der Waals surface area contributed by atoms with Gasteiger partial charge in [0.15, 0.2) is 0 Å². The van der Waals surface area contributed by atoms with E-state index in [0.717, 1.165) is 16.9 Å². The van der Waals surface area contributed by atoms with E-state index in [4.69, 9.17) is 9.47 Å². The Hall–Kier alpha value is -2.01. The number of rotatable bonds is 3. The fourth-order valence-electron chi connectivity index (χ4n) is 2.56. The Morgan fingerprint density at radius 2 is 2.24 bits per heavy atom. The molecule has 1 aliphatic rings. The lowest BCUT2D eigenvalue weighted by atomic mass is 9.96. The minimum absolute atomic E-state index is 0.188. The Bertz CT molecular complexity index is 636. The summed E-state index contributed by atoms with van der Waals surface area (Å²) in [5.74, 6) is 1.40. The number of hydrogen-bond acceptors (Lipinski definition) is 4. The van der Waals surface area contributed by atoms with Crippen molar-refractivity contribution in [1.29, 1.82) is 0 Å². The van der Waals surface area contributed by atoms with Crippen molar-refractivity contribution in [1.82, 2.24) is 9.78 Å². The number of fused-ring (bicyclic) bond motifs is 1. The summed E-state index contributed by atoms with van der Waals surface area (Å²) in [6.07, 6.45) is 3.60. The van der Waals surface area contributed by atoms with Crippen LogP contribution in [0.1, 0.15) is 49.6 Å². The van der Waals surface area contributed by atoms with Gasteiger partial charge in [-0.1, -0.05) is 0 Å². The molecule has 0 radical (unpaired) electrons. The summed E-state index contributed by atoms with van der Waals surface area (Å²) in [7, 11) is 1.62. The van der Waals surface area contributed by atoms with Crippen LogP contribution in [-0.2, 0) is 0 Å². The Morgan fingerprint density at radius 3 is 2.90 bits per heavy atom. The number of hydrogen-bond donors (Lipinski definition) is 1. The largest absolute Gasteiger partial charge is 0.497 e. The van der Waals surface area contributed by atoms with Gasteiger partial charge < -0.3 is 14.6 Å². The molecule has 0 bridgehead atoms. The van der Waals surface area contributed by atoms with Gasteiger partial charge in [0.1, 0.15) is 17.6 Å². The van der Waals surface area contributed by atoms with E-state index in [0.29, 0.717) is 18.2 Å². The maximum atomic E-state index is 10.3. The molecule has 2 aromatic rings. The van der Waals surface area contributed by atoms with E-state index in [2.05, 4.69) is 18.9 Å². The van der Waals surface area contributed by atoms with Crippen LogP contribution in [0.25, 0.3) is 0 Å². The zero-order valence-corrected chi connectivity index (χ0v) is 12.5. The van der Waals surface area contributed by atoms with E-state index in [1.54, 1.807) is 7.11 Å². The molecular formula is C16H20N2O3. The van der Waals surface area contributed by atoms with Crippen LogP contribution in [-0.4, -0.2) is 22.0 Å². The lowest BCUT2D eigenvalue weighted by Gasteiger charge is -2.29. The average molecular weight is 288 g/mol. The monoisotopic (exact) mass is 288 g/mol. The predicted molar refractivity (Wildman–Crippen MR) is 78.6 cm³/mol. The molecular weight excluding hydrogens is 268 g/mol. The first-order valence-corrected chi connectivity index (χ1v) is 7.15. The molecule has 1 aromatic carbocycles. The van der Waals surface area contributed by atoms with E-state index in [1.807, 2.05) is 35.3 Å². The molecule has 1 aliphatic heterocycles. The van der Waals surface area contributed by atoms with Gasteiger partial charge in [0.05, 0.1) is 19.4 Å². The molecule has 2 unspecified atom stereocenters. The van der Waals surface area contributed by atoms with Crippen LogP contribution < -0.4 is 9.47 Å². The molecule has 1 N–H and O–H groups in total. The molecule has 0 spiro atoms. The summed E-state index contributed by atoms with van der Waals surface area (Å²) < 4.78 is 13.1. The summed E-state index contributed by atoms with van der Waals surface area (Å²) in [4.78, 5) is 0. The highest BCUT2D eigenvalue weighted by molar-refractivity contribution is 5.43. The first-order chi connectivity index (χ1) is 10.1. The number of benzene rings is 1. The Kier molecular flexibility index (Phi) is 3.59. The van der Waals surface area contributed by atoms with Gasteiger partial charge in [-0.2, -0.15) is 5.10 Å². The number of nitrogens with zero attached hydrogens (tertiary/aromatic N) is 2. The van der Waals surface area contributed by atoms with E-state index < -0.39 is 6.10 Å². The molecule has 112 valence electrons. The highest BCUT2D eigenvalue weighted by Gasteiger charge is 2.29. The normalized spacial score (nSPS) is 21.0. The minimum Gasteiger partial charge on any atom is -0.497 e. The lowest BCUT2D eigenvalue weighted by molar-refractivity contribution is 0.0654. The van der Waals surface area contributed by atoms with E-state index in [-0.39, 0.29) is 6.10 Å². The van der Waals surface area contributed by atoms with Gasteiger partial charge in [-0.05, 0) is 26.0 Å². The van der Waals surface area contributed by atoms with Crippen molar-refractivity contribution < 1.29 is 14.6 Å². The molecule has 5 heteroatoms. The standard InChI is InChI=1S/C16H20N2O3/c1-10(2)18-9-11(8-17-18)15-7-14(19)13-5-4-12(20-3)6-16(13)21-15/h4-6,8-10,14-15,19H,7H2,1-3H3. The van der Waals surface area contributed by atoms with Crippen molar-refractivity contribution in [3.05, 3.63) is 41.7 Å². The summed E-state index contributed by atoms with van der Waals surface area (Å²) in [5, 5.41) is 14.7. The van der Waals surface area contributed by atoms with Crippen LogP contribution in [0.3, 0.4) is 0 Å². The van der Waals surface area contributed by atoms with Gasteiger partial charge in [-0.25, -0.2) is 0 Å². The van der Waals surface area contributed by atoms with Crippen molar-refractivity contribution >= 4 is 0 Å². The predicted octanol–water partition coefficient (Wildman–Crippen LogP) is 3.03.